The maximum Gasteiger partial charge on any atom is 0.392 e. The molecule has 0 aromatic heterocycles. The zero-order valence-corrected chi connectivity index (χ0v) is 9.38. The molecule has 2 N–H and O–H groups in total. The largest absolute Gasteiger partial charge is 0.493 e. The Balaban J connectivity index is 2.57. The highest BCUT2D eigenvalue weighted by atomic mass is 19.4. The van der Waals surface area contributed by atoms with Crippen LogP contribution in [0.3, 0.4) is 0 Å². The molecule has 0 bridgehead atoms. The molecule has 6 heteroatoms. The molecule has 0 aliphatic heterocycles. The lowest BCUT2D eigenvalue weighted by molar-refractivity contribution is -0.139. The third-order valence-electron chi connectivity index (χ3n) is 1.94. The Bertz CT molecular complexity index is 366. The highest BCUT2D eigenvalue weighted by Gasteiger charge is 2.26. The van der Waals surface area contributed by atoms with Crippen LogP contribution in [0, 0.1) is 0 Å². The number of alkyl halides is 3. The molecule has 0 atom stereocenters. The summed E-state index contributed by atoms with van der Waals surface area (Å²) in [6, 6.07) is 4.53. The van der Waals surface area contributed by atoms with Gasteiger partial charge in [0.25, 0.3) is 0 Å². The fourth-order valence-corrected chi connectivity index (χ4v) is 1.17. The Morgan fingerprint density at radius 3 is 2.53 bits per heavy atom. The van der Waals surface area contributed by atoms with Gasteiger partial charge in [-0.25, -0.2) is 0 Å². The van der Waals surface area contributed by atoms with E-state index in [1.807, 2.05) is 0 Å². The zero-order valence-electron chi connectivity index (χ0n) is 9.38. The molecule has 3 nitrogen and oxygen atoms in total. The molecule has 0 spiro atoms. The van der Waals surface area contributed by atoms with E-state index in [1.54, 1.807) is 6.92 Å². The number of hydrogen-bond donors (Lipinski definition) is 1. The van der Waals surface area contributed by atoms with Crippen molar-refractivity contribution >= 4 is 5.69 Å². The molecule has 0 saturated heterocycles. The SMILES string of the molecule is CCOc1cc(OCCC(F)(F)F)ccc1N. The molecule has 0 fully saturated rings. The molecule has 0 saturated carbocycles. The predicted octanol–water partition coefficient (Wildman–Crippen LogP) is 3.00. The van der Waals surface area contributed by atoms with Crippen LogP contribution in [-0.2, 0) is 0 Å². The molecular weight excluding hydrogens is 235 g/mol. The van der Waals surface area contributed by atoms with Crippen molar-refractivity contribution in [3.63, 3.8) is 0 Å². The molecule has 0 aliphatic carbocycles. The van der Waals surface area contributed by atoms with E-state index in [4.69, 9.17) is 15.2 Å². The first-order chi connectivity index (χ1) is 7.92. The first-order valence-corrected chi connectivity index (χ1v) is 5.14. The van der Waals surface area contributed by atoms with E-state index in [9.17, 15) is 13.2 Å². The summed E-state index contributed by atoms with van der Waals surface area (Å²) in [6.45, 7) is 1.80. The topological polar surface area (TPSA) is 44.5 Å². The van der Waals surface area contributed by atoms with Crippen molar-refractivity contribution in [2.45, 2.75) is 19.5 Å². The van der Waals surface area contributed by atoms with Gasteiger partial charge >= 0.3 is 6.18 Å². The molecular formula is C11H14F3NO2. The highest BCUT2D eigenvalue weighted by molar-refractivity contribution is 5.55. The molecule has 1 rings (SSSR count). The van der Waals surface area contributed by atoms with Crippen molar-refractivity contribution in [1.29, 1.82) is 0 Å². The van der Waals surface area contributed by atoms with E-state index in [-0.39, 0.29) is 0 Å². The van der Waals surface area contributed by atoms with Gasteiger partial charge in [0.2, 0.25) is 0 Å². The van der Waals surface area contributed by atoms with E-state index in [0.717, 1.165) is 0 Å². The number of nitrogens with two attached hydrogens (primary N) is 1. The number of anilines is 1. The van der Waals surface area contributed by atoms with Gasteiger partial charge in [0.05, 0.1) is 25.3 Å². The van der Waals surface area contributed by atoms with Gasteiger partial charge in [0.1, 0.15) is 11.5 Å². The summed E-state index contributed by atoms with van der Waals surface area (Å²) in [7, 11) is 0. The maximum atomic E-state index is 11.9. The first kappa shape index (κ1) is 13.5. The number of halogens is 3. The third-order valence-corrected chi connectivity index (χ3v) is 1.94. The monoisotopic (exact) mass is 249 g/mol. The van der Waals surface area contributed by atoms with Crippen molar-refractivity contribution in [3.8, 4) is 11.5 Å². The Hall–Kier alpha value is -1.59. The summed E-state index contributed by atoms with van der Waals surface area (Å²) >= 11 is 0. The Kier molecular flexibility index (Phi) is 4.48. The number of ether oxygens (including phenoxy) is 2. The van der Waals surface area contributed by atoms with Gasteiger partial charge in [0.15, 0.2) is 0 Å². The van der Waals surface area contributed by atoms with Crippen LogP contribution in [0.5, 0.6) is 11.5 Å². The van der Waals surface area contributed by atoms with Gasteiger partial charge in [-0.15, -0.1) is 0 Å². The lowest BCUT2D eigenvalue weighted by Gasteiger charge is -2.11. The second kappa shape index (κ2) is 5.65. The summed E-state index contributed by atoms with van der Waals surface area (Å²) in [5.41, 5.74) is 6.04. The van der Waals surface area contributed by atoms with Crippen molar-refractivity contribution < 1.29 is 22.6 Å². The van der Waals surface area contributed by atoms with Gasteiger partial charge in [-0.3, -0.25) is 0 Å². The van der Waals surface area contributed by atoms with Crippen LogP contribution in [0.1, 0.15) is 13.3 Å². The normalized spacial score (nSPS) is 11.3. The first-order valence-electron chi connectivity index (χ1n) is 5.14. The van der Waals surface area contributed by atoms with E-state index in [0.29, 0.717) is 23.8 Å². The summed E-state index contributed by atoms with van der Waals surface area (Å²) in [5, 5.41) is 0. The third kappa shape index (κ3) is 4.84. The fourth-order valence-electron chi connectivity index (χ4n) is 1.17. The van der Waals surface area contributed by atoms with E-state index in [2.05, 4.69) is 0 Å². The van der Waals surface area contributed by atoms with Crippen molar-refractivity contribution in [2.75, 3.05) is 18.9 Å². The molecule has 0 amide bonds. The average molecular weight is 249 g/mol. The fraction of sp³-hybridized carbons (Fsp3) is 0.455. The predicted molar refractivity (Wildman–Crippen MR) is 58.2 cm³/mol. The van der Waals surface area contributed by atoms with Crippen molar-refractivity contribution in [2.24, 2.45) is 0 Å². The van der Waals surface area contributed by atoms with E-state index in [1.165, 1.54) is 18.2 Å². The quantitative estimate of drug-likeness (QED) is 0.816. The molecule has 96 valence electrons. The minimum atomic E-state index is -4.21. The number of benzene rings is 1. The van der Waals surface area contributed by atoms with Crippen LogP contribution < -0.4 is 15.2 Å². The molecule has 0 aliphatic rings. The van der Waals surface area contributed by atoms with Crippen molar-refractivity contribution in [1.82, 2.24) is 0 Å². The molecule has 0 unspecified atom stereocenters. The minimum absolute atomic E-state index is 0.312. The minimum Gasteiger partial charge on any atom is -0.493 e. The zero-order chi connectivity index (χ0) is 12.9. The van der Waals surface area contributed by atoms with Gasteiger partial charge in [-0.2, -0.15) is 13.2 Å². The van der Waals surface area contributed by atoms with Gasteiger partial charge in [-0.1, -0.05) is 0 Å². The van der Waals surface area contributed by atoms with Crippen LogP contribution in [0.15, 0.2) is 18.2 Å². The maximum absolute atomic E-state index is 11.9. The lowest BCUT2D eigenvalue weighted by Crippen LogP contribution is -2.13. The van der Waals surface area contributed by atoms with Crippen molar-refractivity contribution in [3.05, 3.63) is 18.2 Å². The van der Waals surface area contributed by atoms with Crippen LogP contribution >= 0.6 is 0 Å². The summed E-state index contributed by atoms with van der Waals surface area (Å²) < 4.78 is 45.9. The second-order valence-electron chi connectivity index (χ2n) is 3.35. The molecule has 0 radical (unpaired) electrons. The second-order valence-corrected chi connectivity index (χ2v) is 3.35. The Morgan fingerprint density at radius 2 is 1.94 bits per heavy atom. The standard InChI is InChI=1S/C11H14F3NO2/c1-2-16-10-7-8(3-4-9(10)15)17-6-5-11(12,13)14/h3-4,7H,2,5-6,15H2,1H3. The summed E-state index contributed by atoms with van der Waals surface area (Å²) in [4.78, 5) is 0. The van der Waals surface area contributed by atoms with Gasteiger partial charge < -0.3 is 15.2 Å². The Morgan fingerprint density at radius 1 is 1.24 bits per heavy atom. The average Bonchev–Trinajstić information content (AvgIpc) is 2.21. The van der Waals surface area contributed by atoms with E-state index < -0.39 is 19.2 Å². The van der Waals surface area contributed by atoms with Gasteiger partial charge in [0, 0.05) is 6.07 Å². The van der Waals surface area contributed by atoms with Crippen LogP contribution in [0.4, 0.5) is 18.9 Å². The van der Waals surface area contributed by atoms with Gasteiger partial charge in [-0.05, 0) is 19.1 Å². The number of rotatable bonds is 5. The lowest BCUT2D eigenvalue weighted by atomic mass is 10.3. The number of hydrogen-bond acceptors (Lipinski definition) is 3. The Labute approximate surface area is 97.3 Å². The molecule has 1 aromatic rings. The molecule has 17 heavy (non-hydrogen) atoms. The molecule has 1 aromatic carbocycles. The van der Waals surface area contributed by atoms with E-state index >= 15 is 0 Å². The highest BCUT2D eigenvalue weighted by Crippen LogP contribution is 2.27. The van der Waals surface area contributed by atoms with Crippen LogP contribution in [-0.4, -0.2) is 19.4 Å². The number of nitrogen functional groups attached to an aromatic ring is 1. The van der Waals surface area contributed by atoms with Crippen LogP contribution in [0.25, 0.3) is 0 Å². The molecule has 0 heterocycles. The smallest absolute Gasteiger partial charge is 0.392 e. The van der Waals surface area contributed by atoms with Crippen LogP contribution in [0.2, 0.25) is 0 Å². The summed E-state index contributed by atoms with van der Waals surface area (Å²) in [6.07, 6.45) is -5.20. The summed E-state index contributed by atoms with van der Waals surface area (Å²) in [5.74, 6) is 0.726.